The summed E-state index contributed by atoms with van der Waals surface area (Å²) in [4.78, 5) is 11.1. The zero-order chi connectivity index (χ0) is 17.0. The minimum atomic E-state index is -4.11. The number of carbonyl (C=O) groups excluding carboxylic acids is 1. The lowest BCUT2D eigenvalue weighted by molar-refractivity contribution is -0.114. The van der Waals surface area contributed by atoms with Crippen LogP contribution in [0.4, 0.5) is 5.69 Å². The largest absolute Gasteiger partial charge is 0.495 e. The summed E-state index contributed by atoms with van der Waals surface area (Å²) >= 11 is 5.88. The van der Waals surface area contributed by atoms with Gasteiger partial charge in [0.25, 0.3) is 0 Å². The van der Waals surface area contributed by atoms with Crippen molar-refractivity contribution in [3.05, 3.63) is 47.5 Å². The van der Waals surface area contributed by atoms with Gasteiger partial charge in [0.1, 0.15) is 10.6 Å². The number of para-hydroxylation sites is 2. The van der Waals surface area contributed by atoms with Crippen molar-refractivity contribution in [1.82, 2.24) is 0 Å². The van der Waals surface area contributed by atoms with Crippen molar-refractivity contribution < 1.29 is 22.1 Å². The van der Waals surface area contributed by atoms with Crippen LogP contribution in [0.1, 0.15) is 6.92 Å². The zero-order valence-electron chi connectivity index (χ0n) is 12.4. The molecule has 23 heavy (non-hydrogen) atoms. The fourth-order valence-corrected chi connectivity index (χ4v) is 2.95. The highest BCUT2D eigenvalue weighted by Gasteiger charge is 2.20. The highest BCUT2D eigenvalue weighted by Crippen LogP contribution is 2.31. The van der Waals surface area contributed by atoms with Gasteiger partial charge in [-0.3, -0.25) is 4.79 Å². The molecule has 0 bridgehead atoms. The molecule has 0 aliphatic carbocycles. The van der Waals surface area contributed by atoms with Gasteiger partial charge in [0, 0.05) is 13.0 Å². The van der Waals surface area contributed by atoms with Crippen LogP contribution >= 0.6 is 11.6 Å². The second-order valence-corrected chi connectivity index (χ2v) is 6.46. The Balaban J connectivity index is 2.37. The molecular weight excluding hydrogens is 342 g/mol. The van der Waals surface area contributed by atoms with Gasteiger partial charge < -0.3 is 14.2 Å². The van der Waals surface area contributed by atoms with Crippen molar-refractivity contribution in [2.75, 3.05) is 12.4 Å². The number of rotatable bonds is 5. The lowest BCUT2D eigenvalue weighted by Gasteiger charge is -2.12. The second-order valence-electron chi connectivity index (χ2n) is 4.51. The molecule has 0 aliphatic rings. The minimum Gasteiger partial charge on any atom is -0.495 e. The van der Waals surface area contributed by atoms with Crippen LogP contribution in [0.5, 0.6) is 11.5 Å². The van der Waals surface area contributed by atoms with Crippen LogP contribution in [0.3, 0.4) is 0 Å². The maximum Gasteiger partial charge on any atom is 0.339 e. The first-order valence-electron chi connectivity index (χ1n) is 6.48. The molecule has 0 atom stereocenters. The fourth-order valence-electron chi connectivity index (χ4n) is 1.79. The van der Waals surface area contributed by atoms with Crippen molar-refractivity contribution in [1.29, 1.82) is 0 Å². The number of benzene rings is 2. The van der Waals surface area contributed by atoms with Crippen LogP contribution in [0.15, 0.2) is 47.4 Å². The number of hydrogen-bond donors (Lipinski definition) is 1. The number of nitrogens with one attached hydrogen (secondary N) is 1. The topological polar surface area (TPSA) is 81.7 Å². The molecule has 6 nitrogen and oxygen atoms in total. The normalized spacial score (nSPS) is 10.9. The molecule has 1 N–H and O–H groups in total. The van der Waals surface area contributed by atoms with Gasteiger partial charge >= 0.3 is 10.1 Å². The molecule has 0 radical (unpaired) electrons. The highest BCUT2D eigenvalue weighted by molar-refractivity contribution is 7.87. The van der Waals surface area contributed by atoms with E-state index in [-0.39, 0.29) is 33.0 Å². The first-order valence-corrected chi connectivity index (χ1v) is 8.27. The predicted octanol–water partition coefficient (Wildman–Crippen LogP) is 3.07. The number of methoxy groups -OCH3 is 1. The second kappa shape index (κ2) is 6.89. The quantitative estimate of drug-likeness (QED) is 0.833. The summed E-state index contributed by atoms with van der Waals surface area (Å²) in [6, 6.07) is 10.2. The van der Waals surface area contributed by atoms with Crippen LogP contribution in [0.2, 0.25) is 5.02 Å². The van der Waals surface area contributed by atoms with Crippen LogP contribution in [0, 0.1) is 0 Å². The van der Waals surface area contributed by atoms with Gasteiger partial charge in [-0.15, -0.1) is 0 Å². The average Bonchev–Trinajstić information content (AvgIpc) is 2.49. The zero-order valence-corrected chi connectivity index (χ0v) is 13.9. The Hall–Kier alpha value is -2.25. The fraction of sp³-hybridized carbons (Fsp3) is 0.133. The number of carbonyl (C=O) groups is 1. The average molecular weight is 356 g/mol. The van der Waals surface area contributed by atoms with Gasteiger partial charge in [0.15, 0.2) is 5.75 Å². The third-order valence-electron chi connectivity index (χ3n) is 2.81. The van der Waals surface area contributed by atoms with Crippen molar-refractivity contribution in [2.24, 2.45) is 0 Å². The number of anilines is 1. The van der Waals surface area contributed by atoms with E-state index in [1.54, 1.807) is 12.1 Å². The molecule has 2 aromatic rings. The van der Waals surface area contributed by atoms with Gasteiger partial charge in [0.05, 0.1) is 17.8 Å². The Morgan fingerprint density at radius 3 is 2.48 bits per heavy atom. The molecule has 2 rings (SSSR count). The van der Waals surface area contributed by atoms with E-state index in [0.717, 1.165) is 0 Å². The molecule has 0 saturated carbocycles. The van der Waals surface area contributed by atoms with Gasteiger partial charge in [-0.1, -0.05) is 23.7 Å². The van der Waals surface area contributed by atoms with E-state index in [1.807, 2.05) is 0 Å². The molecule has 0 aromatic heterocycles. The summed E-state index contributed by atoms with van der Waals surface area (Å²) in [5.74, 6) is -0.116. The number of halogens is 1. The van der Waals surface area contributed by atoms with Crippen LogP contribution < -0.4 is 14.2 Å². The summed E-state index contributed by atoms with van der Waals surface area (Å²) in [5, 5.41) is 2.79. The van der Waals surface area contributed by atoms with Gasteiger partial charge in [-0.05, 0) is 24.3 Å². The Morgan fingerprint density at radius 1 is 1.13 bits per heavy atom. The smallest absolute Gasteiger partial charge is 0.339 e. The molecule has 8 heteroatoms. The van der Waals surface area contributed by atoms with E-state index in [2.05, 4.69) is 5.32 Å². The van der Waals surface area contributed by atoms with E-state index < -0.39 is 10.1 Å². The molecule has 2 aromatic carbocycles. The van der Waals surface area contributed by atoms with Crippen LogP contribution in [-0.4, -0.2) is 21.4 Å². The maximum absolute atomic E-state index is 12.4. The van der Waals surface area contributed by atoms with Crippen molar-refractivity contribution in [3.8, 4) is 11.5 Å². The van der Waals surface area contributed by atoms with Crippen molar-refractivity contribution >= 4 is 33.3 Å². The number of amides is 1. The maximum atomic E-state index is 12.4. The standard InChI is InChI=1S/C15H14ClNO5S/c1-10(18)17-13-5-3-4-6-14(13)22-23(19,20)11-7-8-12(16)15(9-11)21-2/h3-9H,1-2H3,(H,17,18). The van der Waals surface area contributed by atoms with Gasteiger partial charge in [-0.2, -0.15) is 8.42 Å². The molecule has 0 heterocycles. The molecule has 0 saturated heterocycles. The summed E-state index contributed by atoms with van der Waals surface area (Å²) in [6.07, 6.45) is 0. The third-order valence-corrected chi connectivity index (χ3v) is 4.35. The molecular formula is C15H14ClNO5S. The van der Waals surface area contributed by atoms with E-state index in [1.165, 1.54) is 44.4 Å². The van der Waals surface area contributed by atoms with Gasteiger partial charge in [-0.25, -0.2) is 0 Å². The summed E-state index contributed by atoms with van der Waals surface area (Å²) in [6.45, 7) is 1.31. The summed E-state index contributed by atoms with van der Waals surface area (Å²) in [5.41, 5.74) is 0.254. The first kappa shape index (κ1) is 17.1. The van der Waals surface area contributed by atoms with Crippen LogP contribution in [-0.2, 0) is 14.9 Å². The summed E-state index contributed by atoms with van der Waals surface area (Å²) < 4.78 is 34.9. The minimum absolute atomic E-state index is 0.0108. The van der Waals surface area contributed by atoms with E-state index in [4.69, 9.17) is 20.5 Å². The molecule has 1 amide bonds. The van der Waals surface area contributed by atoms with E-state index >= 15 is 0 Å². The number of ether oxygens (including phenoxy) is 1. The Bertz CT molecular complexity index is 836. The molecule has 0 aliphatic heterocycles. The Morgan fingerprint density at radius 2 is 1.83 bits per heavy atom. The molecule has 0 unspecified atom stereocenters. The lowest BCUT2D eigenvalue weighted by atomic mass is 10.3. The highest BCUT2D eigenvalue weighted by atomic mass is 35.5. The summed E-state index contributed by atoms with van der Waals surface area (Å²) in [7, 11) is -2.73. The van der Waals surface area contributed by atoms with Crippen LogP contribution in [0.25, 0.3) is 0 Å². The first-order chi connectivity index (χ1) is 10.8. The van der Waals surface area contributed by atoms with Crippen molar-refractivity contribution in [2.45, 2.75) is 11.8 Å². The molecule has 0 spiro atoms. The SMILES string of the molecule is COc1cc(S(=O)(=O)Oc2ccccc2NC(C)=O)ccc1Cl. The number of hydrogen-bond acceptors (Lipinski definition) is 5. The third kappa shape index (κ3) is 4.14. The Labute approximate surface area is 139 Å². The van der Waals surface area contributed by atoms with Gasteiger partial charge in [0.2, 0.25) is 5.91 Å². The molecule has 122 valence electrons. The molecule has 0 fully saturated rings. The predicted molar refractivity (Wildman–Crippen MR) is 86.6 cm³/mol. The van der Waals surface area contributed by atoms with E-state index in [9.17, 15) is 13.2 Å². The Kier molecular flexibility index (Phi) is 5.12. The van der Waals surface area contributed by atoms with E-state index in [0.29, 0.717) is 0 Å². The monoisotopic (exact) mass is 355 g/mol. The lowest BCUT2D eigenvalue weighted by Crippen LogP contribution is -2.13. The van der Waals surface area contributed by atoms with Crippen molar-refractivity contribution in [3.63, 3.8) is 0 Å².